The van der Waals surface area contributed by atoms with E-state index in [2.05, 4.69) is 10.3 Å². The van der Waals surface area contributed by atoms with E-state index in [0.717, 1.165) is 0 Å². The van der Waals surface area contributed by atoms with Crippen LogP contribution in [0.5, 0.6) is 11.5 Å². The summed E-state index contributed by atoms with van der Waals surface area (Å²) in [6, 6.07) is 6.13. The third kappa shape index (κ3) is 3.17. The maximum absolute atomic E-state index is 12.1. The third-order valence-corrected chi connectivity index (χ3v) is 3.10. The Kier molecular flexibility index (Phi) is 4.49. The molecule has 0 unspecified atom stereocenters. The Morgan fingerprint density at radius 3 is 2.52 bits per heavy atom. The van der Waals surface area contributed by atoms with Crippen LogP contribution in [0.4, 0.5) is 5.69 Å². The predicted octanol–water partition coefficient (Wildman–Crippen LogP) is 2.75. The maximum atomic E-state index is 12.1. The van der Waals surface area contributed by atoms with Crippen LogP contribution in [0.2, 0.25) is 5.02 Å². The average molecular weight is 309 g/mol. The monoisotopic (exact) mass is 308 g/mol. The number of rotatable bonds is 5. The lowest BCUT2D eigenvalue weighted by Gasteiger charge is -2.12. The zero-order valence-corrected chi connectivity index (χ0v) is 12.2. The highest BCUT2D eigenvalue weighted by Crippen LogP contribution is 2.36. The molecule has 0 saturated carbocycles. The standard InChI is InChI=1S/C14H13ClN2O4/c1-20-12-6-11(13(21-2)5-9(12)15)17-14(19)10-4-3-8(7-18)16-10/h3-7,16H,1-2H3,(H,17,19). The van der Waals surface area contributed by atoms with Crippen molar-refractivity contribution < 1.29 is 19.1 Å². The summed E-state index contributed by atoms with van der Waals surface area (Å²) in [7, 11) is 2.94. The van der Waals surface area contributed by atoms with E-state index < -0.39 is 5.91 Å². The Morgan fingerprint density at radius 2 is 1.95 bits per heavy atom. The number of halogens is 1. The minimum atomic E-state index is -0.411. The second-order valence-corrected chi connectivity index (χ2v) is 4.49. The number of aldehydes is 1. The Bertz CT molecular complexity index is 682. The average Bonchev–Trinajstić information content (AvgIpc) is 2.97. The molecule has 0 aliphatic heterocycles. The van der Waals surface area contributed by atoms with Crippen molar-refractivity contribution in [3.63, 3.8) is 0 Å². The Morgan fingerprint density at radius 1 is 1.24 bits per heavy atom. The van der Waals surface area contributed by atoms with E-state index >= 15 is 0 Å². The molecule has 0 spiro atoms. The van der Waals surface area contributed by atoms with Gasteiger partial charge in [0, 0.05) is 12.1 Å². The van der Waals surface area contributed by atoms with Gasteiger partial charge in [-0.3, -0.25) is 9.59 Å². The summed E-state index contributed by atoms with van der Waals surface area (Å²) < 4.78 is 10.3. The molecule has 0 saturated heterocycles. The molecular formula is C14H13ClN2O4. The van der Waals surface area contributed by atoms with Gasteiger partial charge >= 0.3 is 0 Å². The van der Waals surface area contributed by atoms with Crippen LogP contribution in [0.1, 0.15) is 21.0 Å². The Hall–Kier alpha value is -2.47. The van der Waals surface area contributed by atoms with E-state index in [0.29, 0.717) is 34.2 Å². The first kappa shape index (κ1) is 14.9. The van der Waals surface area contributed by atoms with Gasteiger partial charge in [-0.1, -0.05) is 11.6 Å². The van der Waals surface area contributed by atoms with Crippen molar-refractivity contribution in [3.8, 4) is 11.5 Å². The van der Waals surface area contributed by atoms with Crippen LogP contribution < -0.4 is 14.8 Å². The van der Waals surface area contributed by atoms with Crippen molar-refractivity contribution in [1.82, 2.24) is 4.98 Å². The molecule has 110 valence electrons. The molecule has 21 heavy (non-hydrogen) atoms. The van der Waals surface area contributed by atoms with E-state index in [1.165, 1.54) is 26.4 Å². The number of nitrogens with one attached hydrogen (secondary N) is 2. The molecule has 2 N–H and O–H groups in total. The summed E-state index contributed by atoms with van der Waals surface area (Å²) >= 11 is 5.99. The van der Waals surface area contributed by atoms with Crippen LogP contribution in [0, 0.1) is 0 Å². The van der Waals surface area contributed by atoms with Gasteiger partial charge in [0.15, 0.2) is 6.29 Å². The fourth-order valence-corrected chi connectivity index (χ4v) is 1.99. The predicted molar refractivity (Wildman–Crippen MR) is 78.7 cm³/mol. The largest absolute Gasteiger partial charge is 0.495 e. The molecule has 0 atom stereocenters. The van der Waals surface area contributed by atoms with Crippen molar-refractivity contribution in [1.29, 1.82) is 0 Å². The fourth-order valence-electron chi connectivity index (χ4n) is 1.76. The van der Waals surface area contributed by atoms with E-state index in [1.807, 2.05) is 0 Å². The highest BCUT2D eigenvalue weighted by molar-refractivity contribution is 6.32. The van der Waals surface area contributed by atoms with Crippen molar-refractivity contribution in [2.75, 3.05) is 19.5 Å². The molecule has 2 rings (SSSR count). The van der Waals surface area contributed by atoms with Gasteiger partial charge in [-0.05, 0) is 12.1 Å². The van der Waals surface area contributed by atoms with Gasteiger partial charge in [0.1, 0.15) is 17.2 Å². The summed E-state index contributed by atoms with van der Waals surface area (Å²) in [5.41, 5.74) is 0.986. The van der Waals surface area contributed by atoms with Crippen LogP contribution in [0.15, 0.2) is 24.3 Å². The molecule has 0 aliphatic rings. The van der Waals surface area contributed by atoms with Gasteiger partial charge < -0.3 is 19.8 Å². The van der Waals surface area contributed by atoms with Crippen LogP contribution in [0.3, 0.4) is 0 Å². The molecule has 1 aromatic carbocycles. The number of carbonyl (C=O) groups is 2. The van der Waals surface area contributed by atoms with Crippen LogP contribution in [-0.2, 0) is 0 Å². The number of anilines is 1. The highest BCUT2D eigenvalue weighted by atomic mass is 35.5. The maximum Gasteiger partial charge on any atom is 0.272 e. The molecule has 0 fully saturated rings. The molecule has 6 nitrogen and oxygen atoms in total. The molecule has 0 aliphatic carbocycles. The topological polar surface area (TPSA) is 80.4 Å². The lowest BCUT2D eigenvalue weighted by Crippen LogP contribution is -2.13. The van der Waals surface area contributed by atoms with Gasteiger partial charge in [0.2, 0.25) is 0 Å². The first-order valence-electron chi connectivity index (χ1n) is 5.96. The van der Waals surface area contributed by atoms with Crippen LogP contribution in [-0.4, -0.2) is 31.4 Å². The van der Waals surface area contributed by atoms with Gasteiger partial charge in [-0.25, -0.2) is 0 Å². The number of aromatic nitrogens is 1. The van der Waals surface area contributed by atoms with Gasteiger partial charge in [-0.15, -0.1) is 0 Å². The van der Waals surface area contributed by atoms with E-state index in [1.54, 1.807) is 12.1 Å². The number of hydrogen-bond acceptors (Lipinski definition) is 4. The van der Waals surface area contributed by atoms with E-state index in [9.17, 15) is 9.59 Å². The number of aromatic amines is 1. The zero-order chi connectivity index (χ0) is 15.4. The summed E-state index contributed by atoms with van der Waals surface area (Å²) in [6.45, 7) is 0. The Labute approximate surface area is 126 Å². The fraction of sp³-hybridized carbons (Fsp3) is 0.143. The number of amides is 1. The van der Waals surface area contributed by atoms with Crippen LogP contribution in [0.25, 0.3) is 0 Å². The molecule has 1 amide bonds. The summed E-state index contributed by atoms with van der Waals surface area (Å²) in [5, 5.41) is 3.04. The lowest BCUT2D eigenvalue weighted by molar-refractivity contribution is 0.102. The van der Waals surface area contributed by atoms with E-state index in [-0.39, 0.29) is 5.69 Å². The number of ether oxygens (including phenoxy) is 2. The molecule has 2 aromatic rings. The van der Waals surface area contributed by atoms with Crippen LogP contribution >= 0.6 is 11.6 Å². The minimum absolute atomic E-state index is 0.257. The first-order chi connectivity index (χ1) is 10.1. The molecule has 7 heteroatoms. The second kappa shape index (κ2) is 6.32. The zero-order valence-electron chi connectivity index (χ0n) is 11.4. The number of methoxy groups -OCH3 is 2. The van der Waals surface area contributed by atoms with Crippen molar-refractivity contribution in [2.45, 2.75) is 0 Å². The van der Waals surface area contributed by atoms with Gasteiger partial charge in [0.05, 0.1) is 30.6 Å². The first-order valence-corrected chi connectivity index (χ1v) is 6.34. The quantitative estimate of drug-likeness (QED) is 0.832. The molecule has 0 radical (unpaired) electrons. The summed E-state index contributed by atoms with van der Waals surface area (Å²) in [6.07, 6.45) is 0.628. The second-order valence-electron chi connectivity index (χ2n) is 4.09. The molecule has 1 aromatic heterocycles. The van der Waals surface area contributed by atoms with Gasteiger partial charge in [-0.2, -0.15) is 0 Å². The normalized spacial score (nSPS) is 10.0. The SMILES string of the molecule is COc1cc(NC(=O)c2ccc(C=O)[nH]2)c(OC)cc1Cl. The van der Waals surface area contributed by atoms with Gasteiger partial charge in [0.25, 0.3) is 5.91 Å². The number of benzene rings is 1. The highest BCUT2D eigenvalue weighted by Gasteiger charge is 2.14. The number of hydrogen-bond donors (Lipinski definition) is 2. The lowest BCUT2D eigenvalue weighted by atomic mass is 10.2. The minimum Gasteiger partial charge on any atom is -0.495 e. The Balaban J connectivity index is 2.29. The summed E-state index contributed by atoms with van der Waals surface area (Å²) in [5.74, 6) is 0.398. The number of carbonyl (C=O) groups excluding carboxylic acids is 2. The molecular weight excluding hydrogens is 296 g/mol. The molecule has 0 bridgehead atoms. The molecule has 1 heterocycles. The van der Waals surface area contributed by atoms with Crippen molar-refractivity contribution in [3.05, 3.63) is 40.7 Å². The number of H-pyrrole nitrogens is 1. The van der Waals surface area contributed by atoms with Crippen molar-refractivity contribution in [2.24, 2.45) is 0 Å². The third-order valence-electron chi connectivity index (χ3n) is 2.80. The summed E-state index contributed by atoms with van der Waals surface area (Å²) in [4.78, 5) is 25.4. The van der Waals surface area contributed by atoms with E-state index in [4.69, 9.17) is 21.1 Å². The smallest absolute Gasteiger partial charge is 0.272 e. The van der Waals surface area contributed by atoms with Crippen molar-refractivity contribution >= 4 is 29.5 Å².